The molecule has 0 aliphatic rings. The Morgan fingerprint density at radius 2 is 2.00 bits per heavy atom. The number of phenolic OH excluding ortho intramolecular Hbond substituents is 1. The first-order valence-electron chi connectivity index (χ1n) is 8.00. The molecular weight excluding hydrogens is 318 g/mol. The van der Waals surface area contributed by atoms with Crippen molar-refractivity contribution < 1.29 is 14.4 Å². The van der Waals surface area contributed by atoms with Crippen LogP contribution >= 0.6 is 0 Å². The third kappa shape index (κ3) is 4.03. The number of rotatable bonds is 5. The average molecular weight is 337 g/mol. The molecule has 3 aromatic rings. The Labute approximate surface area is 145 Å². The average Bonchev–Trinajstić information content (AvgIpc) is 3.07. The van der Waals surface area contributed by atoms with Crippen molar-refractivity contribution in [3.63, 3.8) is 0 Å². The van der Waals surface area contributed by atoms with Crippen LogP contribution in [0.2, 0.25) is 0 Å². The smallest absolute Gasteiger partial charge is 0.252 e. The Kier molecular flexibility index (Phi) is 4.79. The van der Waals surface area contributed by atoms with Gasteiger partial charge in [0.1, 0.15) is 11.8 Å². The molecule has 3 rings (SSSR count). The van der Waals surface area contributed by atoms with Crippen molar-refractivity contribution in [2.24, 2.45) is 0 Å². The van der Waals surface area contributed by atoms with Crippen LogP contribution in [-0.2, 0) is 6.42 Å². The summed E-state index contributed by atoms with van der Waals surface area (Å²) in [7, 11) is 0. The molecule has 0 fully saturated rings. The normalized spacial score (nSPS) is 11.9. The molecule has 1 heterocycles. The number of nitrogens with one attached hydrogen (secondary N) is 1. The molecule has 1 unspecified atom stereocenters. The van der Waals surface area contributed by atoms with Crippen molar-refractivity contribution in [1.82, 2.24) is 15.5 Å². The summed E-state index contributed by atoms with van der Waals surface area (Å²) >= 11 is 0. The van der Waals surface area contributed by atoms with Gasteiger partial charge < -0.3 is 14.9 Å². The maximum Gasteiger partial charge on any atom is 0.252 e. The van der Waals surface area contributed by atoms with Crippen molar-refractivity contribution in [2.75, 3.05) is 0 Å². The number of benzene rings is 2. The summed E-state index contributed by atoms with van der Waals surface area (Å²) < 4.78 is 5.25. The first-order valence-corrected chi connectivity index (χ1v) is 8.00. The third-order valence-corrected chi connectivity index (χ3v) is 3.88. The molecule has 0 saturated heterocycles. The molecule has 0 spiro atoms. The van der Waals surface area contributed by atoms with Crippen molar-refractivity contribution in [2.45, 2.75) is 26.3 Å². The molecule has 0 bridgehead atoms. The van der Waals surface area contributed by atoms with Gasteiger partial charge in [0.2, 0.25) is 5.89 Å². The molecule has 0 aliphatic carbocycles. The standard InChI is InChI=1S/C19H19N3O3/c1-12-8-9-15(11-16(12)23)18(24)20-13(2)19-21-17(22-25-19)10-14-6-4-3-5-7-14/h3-9,11,13,23H,10H2,1-2H3,(H,20,24). The van der Waals surface area contributed by atoms with Gasteiger partial charge in [0.15, 0.2) is 5.82 Å². The van der Waals surface area contributed by atoms with Gasteiger partial charge in [0, 0.05) is 12.0 Å². The van der Waals surface area contributed by atoms with E-state index in [0.717, 1.165) is 5.56 Å². The quantitative estimate of drug-likeness (QED) is 0.746. The highest BCUT2D eigenvalue weighted by atomic mass is 16.5. The van der Waals surface area contributed by atoms with Gasteiger partial charge in [-0.2, -0.15) is 4.98 Å². The topological polar surface area (TPSA) is 88.3 Å². The predicted molar refractivity (Wildman–Crippen MR) is 92.3 cm³/mol. The van der Waals surface area contributed by atoms with E-state index in [1.54, 1.807) is 26.0 Å². The highest BCUT2D eigenvalue weighted by Crippen LogP contribution is 2.18. The highest BCUT2D eigenvalue weighted by molar-refractivity contribution is 5.94. The maximum absolute atomic E-state index is 12.3. The van der Waals surface area contributed by atoms with Gasteiger partial charge in [0.05, 0.1) is 0 Å². The third-order valence-electron chi connectivity index (χ3n) is 3.88. The van der Waals surface area contributed by atoms with E-state index in [1.165, 1.54) is 6.07 Å². The minimum atomic E-state index is -0.437. The van der Waals surface area contributed by atoms with Crippen LogP contribution in [0.3, 0.4) is 0 Å². The number of aromatic hydroxyl groups is 1. The zero-order valence-corrected chi connectivity index (χ0v) is 14.1. The number of carbonyl (C=O) groups excluding carboxylic acids is 1. The molecule has 2 N–H and O–H groups in total. The Balaban J connectivity index is 1.66. The van der Waals surface area contributed by atoms with Crippen molar-refractivity contribution >= 4 is 5.91 Å². The van der Waals surface area contributed by atoms with Crippen LogP contribution in [0.25, 0.3) is 0 Å². The summed E-state index contributed by atoms with van der Waals surface area (Å²) in [6.45, 7) is 3.54. The summed E-state index contributed by atoms with van der Waals surface area (Å²) in [6, 6.07) is 14.2. The van der Waals surface area contributed by atoms with E-state index < -0.39 is 6.04 Å². The summed E-state index contributed by atoms with van der Waals surface area (Å²) in [5.41, 5.74) is 2.17. The molecule has 6 heteroatoms. The zero-order chi connectivity index (χ0) is 17.8. The molecule has 128 valence electrons. The number of amides is 1. The Morgan fingerprint density at radius 3 is 2.72 bits per heavy atom. The fourth-order valence-electron chi connectivity index (χ4n) is 2.39. The van der Waals surface area contributed by atoms with E-state index >= 15 is 0 Å². The second-order valence-electron chi connectivity index (χ2n) is 5.91. The van der Waals surface area contributed by atoms with Gasteiger partial charge in [-0.1, -0.05) is 41.6 Å². The van der Waals surface area contributed by atoms with Crippen LogP contribution in [0.4, 0.5) is 0 Å². The SMILES string of the molecule is Cc1ccc(C(=O)NC(C)c2nc(Cc3ccccc3)no2)cc1O. The number of hydrogen-bond donors (Lipinski definition) is 2. The van der Waals surface area contributed by atoms with Gasteiger partial charge in [-0.05, 0) is 37.1 Å². The number of phenols is 1. The van der Waals surface area contributed by atoms with Crippen molar-refractivity contribution in [3.8, 4) is 5.75 Å². The predicted octanol–water partition coefficient (Wildman–Crippen LogP) is 3.17. The molecule has 0 saturated carbocycles. The molecule has 1 atom stereocenters. The van der Waals surface area contributed by atoms with Gasteiger partial charge in [-0.3, -0.25) is 4.79 Å². The van der Waals surface area contributed by atoms with Crippen LogP contribution in [0.15, 0.2) is 53.1 Å². The highest BCUT2D eigenvalue weighted by Gasteiger charge is 2.18. The lowest BCUT2D eigenvalue weighted by atomic mass is 10.1. The lowest BCUT2D eigenvalue weighted by Gasteiger charge is -2.10. The van der Waals surface area contributed by atoms with E-state index in [0.29, 0.717) is 29.3 Å². The summed E-state index contributed by atoms with van der Waals surface area (Å²) in [5.74, 6) is 0.680. The van der Waals surface area contributed by atoms with Gasteiger partial charge in [-0.15, -0.1) is 0 Å². The molecule has 2 aromatic carbocycles. The minimum absolute atomic E-state index is 0.0863. The second kappa shape index (κ2) is 7.17. The fraction of sp³-hybridized carbons (Fsp3) is 0.211. The Bertz CT molecular complexity index is 875. The number of aryl methyl sites for hydroxylation is 1. The maximum atomic E-state index is 12.3. The van der Waals surface area contributed by atoms with Crippen molar-refractivity contribution in [3.05, 3.63) is 76.9 Å². The number of hydrogen-bond acceptors (Lipinski definition) is 5. The molecule has 1 amide bonds. The van der Waals surface area contributed by atoms with E-state index in [9.17, 15) is 9.90 Å². The van der Waals surface area contributed by atoms with Crippen LogP contribution < -0.4 is 5.32 Å². The monoisotopic (exact) mass is 337 g/mol. The number of aromatic nitrogens is 2. The second-order valence-corrected chi connectivity index (χ2v) is 5.91. The number of nitrogens with zero attached hydrogens (tertiary/aromatic N) is 2. The zero-order valence-electron chi connectivity index (χ0n) is 14.1. The minimum Gasteiger partial charge on any atom is -0.508 e. The summed E-state index contributed by atoms with van der Waals surface area (Å²) in [5, 5.41) is 16.5. The van der Waals surface area contributed by atoms with E-state index in [1.807, 2.05) is 30.3 Å². The molecular formula is C19H19N3O3. The summed E-state index contributed by atoms with van der Waals surface area (Å²) in [4.78, 5) is 16.6. The molecule has 25 heavy (non-hydrogen) atoms. The van der Waals surface area contributed by atoms with Gasteiger partial charge in [0.25, 0.3) is 5.91 Å². The van der Waals surface area contributed by atoms with Crippen LogP contribution in [0, 0.1) is 6.92 Å². The van der Waals surface area contributed by atoms with Gasteiger partial charge >= 0.3 is 0 Å². The van der Waals surface area contributed by atoms with Crippen LogP contribution in [-0.4, -0.2) is 21.2 Å². The fourth-order valence-corrected chi connectivity index (χ4v) is 2.39. The number of carbonyl (C=O) groups is 1. The van der Waals surface area contributed by atoms with Crippen molar-refractivity contribution in [1.29, 1.82) is 0 Å². The van der Waals surface area contributed by atoms with Gasteiger partial charge in [-0.25, -0.2) is 0 Å². The van der Waals surface area contributed by atoms with Crippen LogP contribution in [0.5, 0.6) is 5.75 Å². The lowest BCUT2D eigenvalue weighted by molar-refractivity contribution is 0.0932. The first kappa shape index (κ1) is 16.7. The Hall–Kier alpha value is -3.15. The molecule has 0 aliphatic heterocycles. The summed E-state index contributed by atoms with van der Waals surface area (Å²) in [6.07, 6.45) is 0.566. The molecule has 6 nitrogen and oxygen atoms in total. The largest absolute Gasteiger partial charge is 0.508 e. The van der Waals surface area contributed by atoms with E-state index in [2.05, 4.69) is 15.5 Å². The molecule has 0 radical (unpaired) electrons. The van der Waals surface area contributed by atoms with E-state index in [4.69, 9.17) is 4.52 Å². The molecule has 1 aromatic heterocycles. The Morgan fingerprint density at radius 1 is 1.24 bits per heavy atom. The van der Waals surface area contributed by atoms with Crippen LogP contribution in [0.1, 0.15) is 46.2 Å². The first-order chi connectivity index (χ1) is 12.0. The van der Waals surface area contributed by atoms with E-state index in [-0.39, 0.29) is 11.7 Å². The lowest BCUT2D eigenvalue weighted by Crippen LogP contribution is -2.26.